The number of anilines is 2. The highest BCUT2D eigenvalue weighted by Gasteiger charge is 2.27. The summed E-state index contributed by atoms with van der Waals surface area (Å²) < 4.78 is 4.65. The van der Waals surface area contributed by atoms with Gasteiger partial charge in [0.1, 0.15) is 0 Å². The van der Waals surface area contributed by atoms with E-state index in [0.29, 0.717) is 23.4 Å². The van der Waals surface area contributed by atoms with Gasteiger partial charge in [-0.25, -0.2) is 4.79 Å². The number of hydrogen-bond acceptors (Lipinski definition) is 5. The fourth-order valence-electron chi connectivity index (χ4n) is 2.52. The van der Waals surface area contributed by atoms with Crippen molar-refractivity contribution >= 4 is 23.1 Å². The van der Waals surface area contributed by atoms with Crippen molar-refractivity contribution in [1.82, 2.24) is 0 Å². The number of esters is 1. The summed E-state index contributed by atoms with van der Waals surface area (Å²) in [7, 11) is 1.32. The number of nitrogen functional groups attached to an aromatic ring is 1. The van der Waals surface area contributed by atoms with Gasteiger partial charge in [0.05, 0.1) is 24.0 Å². The van der Waals surface area contributed by atoms with Crippen LogP contribution in [0.2, 0.25) is 0 Å². The Kier molecular flexibility index (Phi) is 4.02. The number of carbonyl (C=O) groups excluding carboxylic acids is 2. The second-order valence-electron chi connectivity index (χ2n) is 6.07. The van der Waals surface area contributed by atoms with E-state index in [9.17, 15) is 9.59 Å². The number of methoxy groups -OCH3 is 1. The zero-order chi connectivity index (χ0) is 15.6. The highest BCUT2D eigenvalue weighted by atomic mass is 16.5. The maximum absolute atomic E-state index is 11.7. The molecule has 5 nitrogen and oxygen atoms in total. The van der Waals surface area contributed by atoms with Gasteiger partial charge in [0.25, 0.3) is 0 Å². The molecule has 112 valence electrons. The maximum atomic E-state index is 11.7. The fraction of sp³-hybridized carbons (Fsp3) is 0.375. The van der Waals surface area contributed by atoms with Crippen LogP contribution in [-0.2, 0) is 9.53 Å². The van der Waals surface area contributed by atoms with Crippen LogP contribution in [0.25, 0.3) is 0 Å². The van der Waals surface area contributed by atoms with Crippen LogP contribution in [-0.4, -0.2) is 18.9 Å². The van der Waals surface area contributed by atoms with E-state index in [0.717, 1.165) is 12.1 Å². The van der Waals surface area contributed by atoms with Gasteiger partial charge >= 0.3 is 5.97 Å². The molecule has 0 saturated heterocycles. The molecule has 0 fully saturated rings. The summed E-state index contributed by atoms with van der Waals surface area (Å²) in [5.74, 6) is -0.319. The molecule has 0 amide bonds. The van der Waals surface area contributed by atoms with E-state index in [2.05, 4.69) is 23.9 Å². The molecule has 1 aromatic carbocycles. The first-order valence-electron chi connectivity index (χ1n) is 6.79. The summed E-state index contributed by atoms with van der Waals surface area (Å²) in [6.07, 6.45) is 2.95. The van der Waals surface area contributed by atoms with E-state index in [1.807, 2.05) is 0 Å². The summed E-state index contributed by atoms with van der Waals surface area (Å²) in [6, 6.07) is 4.92. The minimum Gasteiger partial charge on any atom is -0.465 e. The molecule has 0 saturated carbocycles. The van der Waals surface area contributed by atoms with Crippen LogP contribution in [0.5, 0.6) is 0 Å². The van der Waals surface area contributed by atoms with Crippen molar-refractivity contribution in [3.8, 4) is 0 Å². The third-order valence-corrected chi connectivity index (χ3v) is 3.42. The third kappa shape index (κ3) is 3.62. The number of ether oxygens (including phenoxy) is 1. The Labute approximate surface area is 124 Å². The molecule has 0 unspecified atom stereocenters. The molecule has 1 aliphatic rings. The van der Waals surface area contributed by atoms with Gasteiger partial charge in [-0.2, -0.15) is 0 Å². The van der Waals surface area contributed by atoms with Crippen molar-refractivity contribution in [3.63, 3.8) is 0 Å². The van der Waals surface area contributed by atoms with Crippen LogP contribution in [0.3, 0.4) is 0 Å². The van der Waals surface area contributed by atoms with Crippen LogP contribution in [0.4, 0.5) is 11.4 Å². The molecule has 3 N–H and O–H groups in total. The van der Waals surface area contributed by atoms with E-state index in [-0.39, 0.29) is 11.2 Å². The highest BCUT2D eigenvalue weighted by molar-refractivity contribution is 5.93. The smallest absolute Gasteiger partial charge is 0.337 e. The molecule has 2 rings (SSSR count). The van der Waals surface area contributed by atoms with Gasteiger partial charge < -0.3 is 15.8 Å². The second-order valence-corrected chi connectivity index (χ2v) is 6.07. The minimum atomic E-state index is -0.429. The van der Waals surface area contributed by atoms with E-state index in [1.54, 1.807) is 24.3 Å². The van der Waals surface area contributed by atoms with Crippen molar-refractivity contribution in [3.05, 3.63) is 35.5 Å². The average molecular weight is 288 g/mol. The summed E-state index contributed by atoms with van der Waals surface area (Å²) >= 11 is 0. The number of benzene rings is 1. The Morgan fingerprint density at radius 1 is 1.33 bits per heavy atom. The highest BCUT2D eigenvalue weighted by Crippen LogP contribution is 2.34. The number of nitrogens with one attached hydrogen (secondary N) is 1. The molecule has 0 spiro atoms. The van der Waals surface area contributed by atoms with Gasteiger partial charge in [0.15, 0.2) is 5.78 Å². The summed E-state index contributed by atoms with van der Waals surface area (Å²) in [6.45, 7) is 4.12. The van der Waals surface area contributed by atoms with Gasteiger partial charge in [0, 0.05) is 18.2 Å². The van der Waals surface area contributed by atoms with Crippen LogP contribution in [0.1, 0.15) is 37.0 Å². The largest absolute Gasteiger partial charge is 0.465 e. The predicted octanol–water partition coefficient (Wildman–Crippen LogP) is 2.74. The summed E-state index contributed by atoms with van der Waals surface area (Å²) in [4.78, 5) is 23.2. The zero-order valence-corrected chi connectivity index (χ0v) is 12.5. The predicted molar refractivity (Wildman–Crippen MR) is 81.9 cm³/mol. The minimum absolute atomic E-state index is 0.0606. The van der Waals surface area contributed by atoms with E-state index in [4.69, 9.17) is 5.73 Å². The Morgan fingerprint density at radius 3 is 2.62 bits per heavy atom. The lowest BCUT2D eigenvalue weighted by Gasteiger charge is -2.29. The van der Waals surface area contributed by atoms with Crippen LogP contribution >= 0.6 is 0 Å². The van der Waals surface area contributed by atoms with Crippen molar-refractivity contribution < 1.29 is 14.3 Å². The lowest BCUT2D eigenvalue weighted by atomic mass is 9.79. The topological polar surface area (TPSA) is 81.4 Å². The number of carbonyl (C=O) groups is 2. The first-order chi connectivity index (χ1) is 9.80. The molecule has 0 aromatic heterocycles. The monoisotopic (exact) mass is 288 g/mol. The number of ketones is 1. The van der Waals surface area contributed by atoms with E-state index < -0.39 is 5.97 Å². The van der Waals surface area contributed by atoms with Gasteiger partial charge in [-0.1, -0.05) is 13.8 Å². The summed E-state index contributed by atoms with van der Waals surface area (Å²) in [5, 5.41) is 3.18. The van der Waals surface area contributed by atoms with Gasteiger partial charge in [0.2, 0.25) is 0 Å². The molecule has 0 atom stereocenters. The molecular weight excluding hydrogens is 268 g/mol. The van der Waals surface area contributed by atoms with Crippen LogP contribution < -0.4 is 11.1 Å². The van der Waals surface area contributed by atoms with Crippen molar-refractivity contribution in [2.45, 2.75) is 26.7 Å². The van der Waals surface area contributed by atoms with Crippen molar-refractivity contribution in [1.29, 1.82) is 0 Å². The first kappa shape index (κ1) is 15.1. The van der Waals surface area contributed by atoms with E-state index >= 15 is 0 Å². The lowest BCUT2D eigenvalue weighted by Crippen LogP contribution is -2.24. The number of hydrogen-bond donors (Lipinski definition) is 2. The van der Waals surface area contributed by atoms with Crippen LogP contribution in [0.15, 0.2) is 30.0 Å². The number of nitrogens with two attached hydrogens (primary N) is 1. The van der Waals surface area contributed by atoms with Gasteiger partial charge in [-0.05, 0) is 30.0 Å². The lowest BCUT2D eigenvalue weighted by molar-refractivity contribution is -0.117. The van der Waals surface area contributed by atoms with Gasteiger partial charge in [-0.15, -0.1) is 0 Å². The average Bonchev–Trinajstić information content (AvgIpc) is 2.37. The van der Waals surface area contributed by atoms with Crippen molar-refractivity contribution in [2.75, 3.05) is 18.2 Å². The number of rotatable bonds is 3. The molecular formula is C16H20N2O3. The molecule has 1 aliphatic carbocycles. The fourth-order valence-corrected chi connectivity index (χ4v) is 2.52. The van der Waals surface area contributed by atoms with Crippen molar-refractivity contribution in [2.24, 2.45) is 5.41 Å². The van der Waals surface area contributed by atoms with E-state index in [1.165, 1.54) is 7.11 Å². The first-order valence-corrected chi connectivity index (χ1v) is 6.79. The standard InChI is InChI=1S/C16H20N2O3/c1-16(2)8-11(7-12(19)9-16)18-14-5-4-10(6-13(14)17)15(20)21-3/h4-7,18H,8-9,17H2,1-3H3. The molecule has 0 aliphatic heterocycles. The Bertz CT molecular complexity index is 618. The molecule has 5 heteroatoms. The molecule has 0 radical (unpaired) electrons. The second kappa shape index (κ2) is 5.60. The quantitative estimate of drug-likeness (QED) is 0.660. The number of allylic oxidation sites excluding steroid dienone is 2. The molecule has 1 aromatic rings. The molecule has 0 bridgehead atoms. The Morgan fingerprint density at radius 2 is 2.05 bits per heavy atom. The zero-order valence-electron chi connectivity index (χ0n) is 12.5. The third-order valence-electron chi connectivity index (χ3n) is 3.42. The van der Waals surface area contributed by atoms with Gasteiger partial charge in [-0.3, -0.25) is 4.79 Å². The normalized spacial score (nSPS) is 17.1. The summed E-state index contributed by atoms with van der Waals surface area (Å²) in [5.41, 5.74) is 8.25. The Hall–Kier alpha value is -2.30. The SMILES string of the molecule is COC(=O)c1ccc(NC2=CC(=O)CC(C)(C)C2)c(N)c1. The maximum Gasteiger partial charge on any atom is 0.337 e. The molecule has 21 heavy (non-hydrogen) atoms. The molecule has 0 heterocycles. The Balaban J connectivity index is 2.20. The van der Waals surface area contributed by atoms with Crippen LogP contribution in [0, 0.1) is 5.41 Å².